The zero-order valence-corrected chi connectivity index (χ0v) is 75.6. The number of aliphatic hydroxyl groups excluding tert-OH is 6. The van der Waals surface area contributed by atoms with Crippen molar-refractivity contribution in [2.45, 2.75) is 233 Å². The Kier molecular flexibility index (Phi) is 29.7. The van der Waals surface area contributed by atoms with Crippen LogP contribution in [0.2, 0.25) is 10.0 Å². The van der Waals surface area contributed by atoms with E-state index in [2.05, 4.69) is 37.2 Å². The van der Waals surface area contributed by atoms with Crippen LogP contribution >= 0.6 is 23.2 Å². The first kappa shape index (κ1) is 98.4. The molecule has 9 aliphatic rings. The number of nitrogens with two attached hydrogens (primary N) is 3. The van der Waals surface area contributed by atoms with Gasteiger partial charge in [-0.1, -0.05) is 117 Å². The summed E-state index contributed by atoms with van der Waals surface area (Å²) in [4.78, 5) is 140. The molecule has 11 bridgehead atoms. The molecular weight excluding hydrogens is 1790 g/mol. The number of phenolic OH excluding ortho intramolecular Hbond substituents is 3. The lowest BCUT2D eigenvalue weighted by Crippen LogP contribution is -2.64. The van der Waals surface area contributed by atoms with E-state index in [4.69, 9.17) is 83.0 Å². The van der Waals surface area contributed by atoms with Crippen molar-refractivity contribution in [3.8, 4) is 68.2 Å². The van der Waals surface area contributed by atoms with Crippen LogP contribution < -0.4 is 68.6 Å². The molecule has 0 aromatic heterocycles. The predicted octanol–water partition coefficient (Wildman–Crippen LogP) is 4.89. The van der Waals surface area contributed by atoms with Gasteiger partial charge in [-0.25, -0.2) is 9.59 Å². The van der Waals surface area contributed by atoms with Crippen molar-refractivity contribution in [2.24, 2.45) is 23.1 Å². The third-order valence-electron chi connectivity index (χ3n) is 25.1. The molecule has 718 valence electrons. The molecule has 8 amide bonds. The van der Waals surface area contributed by atoms with Crippen molar-refractivity contribution in [1.29, 1.82) is 0 Å². The average molecular weight is 1900 g/mol. The van der Waals surface area contributed by atoms with Crippen LogP contribution in [0.5, 0.6) is 46.0 Å². The lowest BCUT2D eigenvalue weighted by molar-refractivity contribution is -0.333. The Hall–Kier alpha value is -11.6. The van der Waals surface area contributed by atoms with Gasteiger partial charge in [0.2, 0.25) is 53.4 Å². The number of benzene rings is 7. The number of aliphatic carboxylic acids is 1. The Morgan fingerprint density at radius 2 is 1.22 bits per heavy atom. The van der Waals surface area contributed by atoms with Crippen LogP contribution in [-0.2, 0) is 73.3 Å². The first-order valence-corrected chi connectivity index (χ1v) is 44.5. The third-order valence-corrected chi connectivity index (χ3v) is 25.7. The minimum absolute atomic E-state index is 0.104. The first-order chi connectivity index (χ1) is 63.5. The molecule has 0 unspecified atom stereocenters. The van der Waals surface area contributed by atoms with Crippen LogP contribution in [0.4, 0.5) is 4.79 Å². The minimum Gasteiger partial charge on any atom is -0.507 e. The van der Waals surface area contributed by atoms with Crippen LogP contribution in [0.25, 0.3) is 22.3 Å². The summed E-state index contributed by atoms with van der Waals surface area (Å²) in [6.07, 6.45) is -23.5. The number of unbranched alkanes of at least 4 members (excludes halogenated alkanes) is 1. The molecule has 8 heterocycles. The average Bonchev–Trinajstić information content (AvgIpc) is 1.25. The highest BCUT2D eigenvalue weighted by Crippen LogP contribution is 2.52. The SMILES string of the molecule is CCCCNCc1c(O)cc2c(c1O)-c1cc(ccc1O)[C@H]1NC(=O)[C@@H]3NC(=O)[C@H](CC(N)=O)NC(=O)[C@H](NC(=O)[C@@H](CC(C)C)N(C)C(=O)OCC4c5ccccc5-c5ccccc54)[C@H](O)c4ccc(c(Cl)c4)Oc4cc3cc(c4O[C@H]3O[C@@H](CO)[C@H](O)[C@@H](O)[C@@H]3O[C@H]3C[C@](C)(N)[C@H](O)[C@H](C)O3)Oc3ccc(cc3Cl)[C@@H](O[C@H]3C[C@](C)(N)[C@H](O)[C@H](C)O3)[C@H](NC1=O)C(=O)N[C@H]2C(=O)O. The highest BCUT2D eigenvalue weighted by molar-refractivity contribution is 6.32. The number of hydrogen-bond acceptors (Lipinski definition) is 30. The van der Waals surface area contributed by atoms with Gasteiger partial charge in [0, 0.05) is 60.1 Å². The van der Waals surface area contributed by atoms with Gasteiger partial charge in [-0.05, 0) is 152 Å². The summed E-state index contributed by atoms with van der Waals surface area (Å²) in [6, 6.07) is 12.9. The van der Waals surface area contributed by atoms with E-state index in [-0.39, 0.29) is 55.0 Å². The van der Waals surface area contributed by atoms with Crippen LogP contribution in [0.15, 0.2) is 121 Å². The summed E-state index contributed by atoms with van der Waals surface area (Å²) < 4.78 is 58.3. The lowest BCUT2D eigenvalue weighted by Gasteiger charge is -2.47. The number of likely N-dealkylation sites (N-methyl/N-ethyl adjacent to an activating group) is 1. The number of nitrogens with one attached hydrogen (secondary N) is 7. The van der Waals surface area contributed by atoms with E-state index in [9.17, 15) is 65.4 Å². The molecule has 7 aromatic carbocycles. The zero-order valence-electron chi connectivity index (χ0n) is 74.1. The van der Waals surface area contributed by atoms with Gasteiger partial charge >= 0.3 is 12.1 Å². The minimum atomic E-state index is -2.46. The second-order valence-electron chi connectivity index (χ2n) is 35.6. The molecule has 1 aliphatic carbocycles. The van der Waals surface area contributed by atoms with Gasteiger partial charge < -0.3 is 148 Å². The number of carbonyl (C=O) groups excluding carboxylic acids is 8. The topological polar surface area (TPSA) is 605 Å². The van der Waals surface area contributed by atoms with Crippen molar-refractivity contribution in [3.05, 3.63) is 176 Å². The zero-order chi connectivity index (χ0) is 96.7. The van der Waals surface area contributed by atoms with Gasteiger partial charge in [-0.3, -0.25) is 38.5 Å². The predicted molar refractivity (Wildman–Crippen MR) is 476 cm³/mol. The monoisotopic (exact) mass is 1900 g/mol. The van der Waals surface area contributed by atoms with Crippen LogP contribution in [0, 0.1) is 5.92 Å². The maximum atomic E-state index is 16.8. The number of halogens is 2. The molecule has 3 saturated heterocycles. The highest BCUT2D eigenvalue weighted by atomic mass is 35.5. The molecule has 7 aromatic rings. The van der Waals surface area contributed by atoms with E-state index >= 15 is 28.8 Å². The Bertz CT molecular complexity index is 5610. The smallest absolute Gasteiger partial charge is 0.410 e. The summed E-state index contributed by atoms with van der Waals surface area (Å²) in [7, 11) is 1.29. The molecule has 16 rings (SSSR count). The van der Waals surface area contributed by atoms with Gasteiger partial charge in [0.05, 0.1) is 53.1 Å². The Morgan fingerprint density at radius 3 is 1.80 bits per heavy atom. The third kappa shape index (κ3) is 20.6. The Morgan fingerprint density at radius 1 is 0.642 bits per heavy atom. The number of carboxylic acid groups (broad SMARTS) is 1. The number of phenols is 3. The normalized spacial score (nSPS) is 28.9. The second-order valence-corrected chi connectivity index (χ2v) is 36.4. The number of fused-ring (bicyclic) bond motifs is 18. The van der Waals surface area contributed by atoms with Crippen molar-refractivity contribution in [2.75, 3.05) is 26.8 Å². The lowest BCUT2D eigenvalue weighted by atomic mass is 9.86. The van der Waals surface area contributed by atoms with E-state index in [0.717, 1.165) is 75.7 Å². The fourth-order valence-electron chi connectivity index (χ4n) is 17.9. The van der Waals surface area contributed by atoms with E-state index in [1.165, 1.54) is 59.0 Å². The van der Waals surface area contributed by atoms with Crippen molar-refractivity contribution in [3.63, 3.8) is 0 Å². The largest absolute Gasteiger partial charge is 0.507 e. The standard InChI is InChI=1S/C93H109Cl2N11O28/c1-9-10-25-99-36-52-59(109)32-51-68(75(52)112)50-27-42(19-22-58(50)108)69-85(119)105-73(88(122)103-71(51)89(123)124)78(132-66-34-92(6,97)81(115)40(4)127-66)44-21-24-61(55(95)29-44)130-63-31-45-30-62(79(63)134-90-80(77(114)76(113)64(37-107)131-90)133-67-35-93(7,98)82(116)41(5)128-67)129-60-23-20-43(28-54(60)94)74(111)72(87(121)100-56(33-65(96)110)83(117)101-70(45)86(120)102-69)104-84(118)57(26-39(2)3)106(8)91(125)126-38-53-48-17-13-11-15-46(48)47-16-12-14-18-49(47)53/h11-24,27-32,39-41,53,56-57,64,66-67,69-74,76-78,80-82,90,99,107-109,111-116H,9-10,25-26,33-38,97-98H2,1-8H3,(H2,96,110)(H,100,121)(H,101,117)(H,102,120)(H,103,122)(H,104,118)(H,105,119)(H,123,124)/t40-,41-,56-,57+,64-,66-,67-,69+,70+,71+,72+,73-,74+,76-,77+,78+,80-,81+,82+,90+,92-,93-/m0/s1. The quantitative estimate of drug-likeness (QED) is 0.0401. The van der Waals surface area contributed by atoms with Crippen molar-refractivity contribution >= 4 is 76.6 Å². The van der Waals surface area contributed by atoms with E-state index in [1.54, 1.807) is 13.8 Å². The van der Waals surface area contributed by atoms with Crippen LogP contribution in [0.3, 0.4) is 0 Å². The molecular formula is C93H109Cl2N11O28. The number of primary amides is 1. The number of nitrogens with zero attached hydrogens (tertiary/aromatic N) is 1. The molecule has 3 fully saturated rings. The molecule has 0 saturated carbocycles. The van der Waals surface area contributed by atoms with Crippen molar-refractivity contribution < 1.29 is 137 Å². The first-order valence-electron chi connectivity index (χ1n) is 43.7. The van der Waals surface area contributed by atoms with Gasteiger partial charge in [0.1, 0.15) is 102 Å². The number of aliphatic hydroxyl groups is 6. The van der Waals surface area contributed by atoms with Gasteiger partial charge in [0.15, 0.2) is 36.2 Å². The van der Waals surface area contributed by atoms with E-state index < -0.39 is 289 Å². The number of aromatic hydroxyl groups is 3. The van der Waals surface area contributed by atoms with Crippen LogP contribution in [-0.4, -0.2) is 239 Å². The molecule has 39 nitrogen and oxygen atoms in total. The molecule has 41 heteroatoms. The summed E-state index contributed by atoms with van der Waals surface area (Å²) in [6.45, 7) is 10.2. The fraction of sp³-hybridized carbons (Fsp3) is 0.452. The molecule has 0 radical (unpaired) electrons. The summed E-state index contributed by atoms with van der Waals surface area (Å²) in [5.41, 5.74) is 16.7. The number of carbonyl (C=O) groups is 9. The fourth-order valence-corrected chi connectivity index (χ4v) is 18.4. The second kappa shape index (κ2) is 40.5. The molecule has 134 heavy (non-hydrogen) atoms. The Balaban J connectivity index is 0.962. The summed E-state index contributed by atoms with van der Waals surface area (Å²) in [5.74, 6) is -17.5. The summed E-state index contributed by atoms with van der Waals surface area (Å²) in [5, 5.41) is 136. The van der Waals surface area contributed by atoms with E-state index in [1.807, 2.05) is 55.5 Å². The van der Waals surface area contributed by atoms with Gasteiger partial charge in [0.25, 0.3) is 0 Å². The molecule has 22 atom stereocenters. The molecule has 8 aliphatic heterocycles. The number of amides is 8. The van der Waals surface area contributed by atoms with Gasteiger partial charge in [-0.15, -0.1) is 0 Å². The highest BCUT2D eigenvalue weighted by Gasteiger charge is 2.53. The van der Waals surface area contributed by atoms with E-state index in [0.29, 0.717) is 19.4 Å². The number of carboxylic acids is 1. The van der Waals surface area contributed by atoms with Crippen LogP contribution in [0.1, 0.15) is 168 Å². The molecule has 23 N–H and O–H groups in total. The maximum Gasteiger partial charge on any atom is 0.410 e. The number of ether oxygens (including phenoxy) is 9. The number of hydrogen-bond donors (Lipinski definition) is 20. The Labute approximate surface area is 778 Å². The van der Waals surface area contributed by atoms with Crippen molar-refractivity contribution in [1.82, 2.24) is 42.1 Å². The number of rotatable bonds is 22. The molecule has 0 spiro atoms. The van der Waals surface area contributed by atoms with Gasteiger partial charge in [-0.2, -0.15) is 0 Å². The summed E-state index contributed by atoms with van der Waals surface area (Å²) >= 11 is 14.8. The maximum absolute atomic E-state index is 16.8.